The SMILES string of the molecule is O=C([O-])Cc1ccc(-c2cccc(C(=O)[O-])c2)cc1. The number of carbonyl (C=O) groups excluding carboxylic acids is 2. The summed E-state index contributed by atoms with van der Waals surface area (Å²) in [5, 5.41) is 21.2. The van der Waals surface area contributed by atoms with Gasteiger partial charge in [-0.15, -0.1) is 0 Å². The second-order valence-electron chi connectivity index (χ2n) is 4.11. The quantitative estimate of drug-likeness (QED) is 0.769. The molecule has 0 aliphatic carbocycles. The lowest BCUT2D eigenvalue weighted by Crippen LogP contribution is -2.24. The molecule has 2 aromatic rings. The number of aliphatic carboxylic acids is 1. The number of benzene rings is 2. The number of hydrogen-bond acceptors (Lipinski definition) is 4. The molecule has 0 fully saturated rings. The number of carboxylic acids is 2. The van der Waals surface area contributed by atoms with Gasteiger partial charge in [0.15, 0.2) is 0 Å². The zero-order chi connectivity index (χ0) is 13.8. The van der Waals surface area contributed by atoms with E-state index in [1.54, 1.807) is 36.4 Å². The van der Waals surface area contributed by atoms with Crippen LogP contribution in [-0.4, -0.2) is 11.9 Å². The Morgan fingerprint density at radius 2 is 1.58 bits per heavy atom. The molecule has 0 N–H and O–H groups in total. The van der Waals surface area contributed by atoms with Crippen molar-refractivity contribution in [2.45, 2.75) is 6.42 Å². The molecule has 0 saturated heterocycles. The third-order valence-corrected chi connectivity index (χ3v) is 2.73. The van der Waals surface area contributed by atoms with Crippen LogP contribution in [0, 0.1) is 0 Å². The van der Waals surface area contributed by atoms with Crippen molar-refractivity contribution in [1.29, 1.82) is 0 Å². The van der Waals surface area contributed by atoms with Gasteiger partial charge in [0.2, 0.25) is 0 Å². The Hall–Kier alpha value is -2.62. The van der Waals surface area contributed by atoms with Gasteiger partial charge in [-0.3, -0.25) is 0 Å². The Balaban J connectivity index is 2.29. The van der Waals surface area contributed by atoms with Crippen LogP contribution in [0.1, 0.15) is 15.9 Å². The first-order valence-electron chi connectivity index (χ1n) is 5.67. The van der Waals surface area contributed by atoms with Crippen LogP contribution in [0.4, 0.5) is 0 Å². The first-order valence-corrected chi connectivity index (χ1v) is 5.67. The lowest BCUT2D eigenvalue weighted by molar-refractivity contribution is -0.304. The van der Waals surface area contributed by atoms with E-state index in [9.17, 15) is 19.8 Å². The highest BCUT2D eigenvalue weighted by atomic mass is 16.4. The Bertz CT molecular complexity index is 614. The Kier molecular flexibility index (Phi) is 3.61. The maximum atomic E-state index is 10.8. The number of aromatic carboxylic acids is 1. The van der Waals surface area contributed by atoms with Gasteiger partial charge in [0, 0.05) is 12.4 Å². The smallest absolute Gasteiger partial charge is 0.0715 e. The van der Waals surface area contributed by atoms with Crippen molar-refractivity contribution in [2.24, 2.45) is 0 Å². The summed E-state index contributed by atoms with van der Waals surface area (Å²) in [7, 11) is 0. The van der Waals surface area contributed by atoms with E-state index in [4.69, 9.17) is 0 Å². The topological polar surface area (TPSA) is 80.3 Å². The van der Waals surface area contributed by atoms with Crippen LogP contribution in [0.2, 0.25) is 0 Å². The van der Waals surface area contributed by atoms with Gasteiger partial charge in [0.05, 0.1) is 5.97 Å². The molecule has 0 saturated carbocycles. The molecule has 0 amide bonds. The van der Waals surface area contributed by atoms with Gasteiger partial charge >= 0.3 is 0 Å². The second-order valence-corrected chi connectivity index (χ2v) is 4.11. The molecule has 0 bridgehead atoms. The molecule has 4 heteroatoms. The molecule has 0 heterocycles. The molecule has 96 valence electrons. The van der Waals surface area contributed by atoms with Gasteiger partial charge in [0.1, 0.15) is 0 Å². The van der Waals surface area contributed by atoms with Crippen LogP contribution in [0.25, 0.3) is 11.1 Å². The van der Waals surface area contributed by atoms with Crippen LogP contribution >= 0.6 is 0 Å². The van der Waals surface area contributed by atoms with Crippen molar-refractivity contribution in [3.05, 3.63) is 59.7 Å². The third kappa shape index (κ3) is 3.19. The number of hydrogen-bond donors (Lipinski definition) is 0. The molecule has 0 atom stereocenters. The summed E-state index contributed by atoms with van der Waals surface area (Å²) in [6.45, 7) is 0. The maximum absolute atomic E-state index is 10.8. The van der Waals surface area contributed by atoms with Crippen LogP contribution in [0.15, 0.2) is 48.5 Å². The average Bonchev–Trinajstić information content (AvgIpc) is 2.39. The van der Waals surface area contributed by atoms with Crippen molar-refractivity contribution in [2.75, 3.05) is 0 Å². The average molecular weight is 254 g/mol. The van der Waals surface area contributed by atoms with Gasteiger partial charge in [-0.1, -0.05) is 42.5 Å². The molecule has 4 nitrogen and oxygen atoms in total. The second kappa shape index (κ2) is 5.35. The van der Waals surface area contributed by atoms with E-state index in [0.29, 0.717) is 5.56 Å². The zero-order valence-corrected chi connectivity index (χ0v) is 9.96. The lowest BCUT2D eigenvalue weighted by Gasteiger charge is -2.08. The molecule has 0 aliphatic heterocycles. The minimum absolute atomic E-state index is 0.108. The normalized spacial score (nSPS) is 10.1. The van der Waals surface area contributed by atoms with E-state index < -0.39 is 11.9 Å². The summed E-state index contributed by atoms with van der Waals surface area (Å²) < 4.78 is 0. The number of rotatable bonds is 4. The van der Waals surface area contributed by atoms with E-state index in [1.165, 1.54) is 12.1 Å². The molecule has 2 aromatic carbocycles. The molecule has 0 aromatic heterocycles. The standard InChI is InChI=1S/C15H12O4/c16-14(17)8-10-4-6-11(7-5-10)12-2-1-3-13(9-12)15(18)19/h1-7,9H,8H2,(H,16,17)(H,18,19)/p-2. The molecular weight excluding hydrogens is 244 g/mol. The summed E-state index contributed by atoms with van der Waals surface area (Å²) in [6.07, 6.45) is -0.140. The predicted octanol–water partition coefficient (Wildman–Crippen LogP) is 0.00950. The Morgan fingerprint density at radius 3 is 2.16 bits per heavy atom. The molecule has 19 heavy (non-hydrogen) atoms. The fraction of sp³-hybridized carbons (Fsp3) is 0.0667. The van der Waals surface area contributed by atoms with Gasteiger partial charge in [-0.25, -0.2) is 0 Å². The van der Waals surface area contributed by atoms with Crippen LogP contribution in [-0.2, 0) is 11.2 Å². The fourth-order valence-corrected chi connectivity index (χ4v) is 1.81. The number of carboxylic acid groups (broad SMARTS) is 2. The summed E-state index contributed by atoms with van der Waals surface area (Å²) in [5.74, 6) is -2.36. The van der Waals surface area contributed by atoms with E-state index in [0.717, 1.165) is 11.1 Å². The van der Waals surface area contributed by atoms with Crippen LogP contribution in [0.5, 0.6) is 0 Å². The highest BCUT2D eigenvalue weighted by Gasteiger charge is 2.01. The van der Waals surface area contributed by atoms with Crippen molar-refractivity contribution < 1.29 is 19.8 Å². The molecule has 0 spiro atoms. The summed E-state index contributed by atoms with van der Waals surface area (Å²) >= 11 is 0. The zero-order valence-electron chi connectivity index (χ0n) is 9.96. The van der Waals surface area contributed by atoms with Crippen molar-refractivity contribution in [3.8, 4) is 11.1 Å². The highest BCUT2D eigenvalue weighted by molar-refractivity contribution is 5.87. The minimum atomic E-state index is -1.23. The van der Waals surface area contributed by atoms with Crippen LogP contribution in [0.3, 0.4) is 0 Å². The third-order valence-electron chi connectivity index (χ3n) is 2.73. The van der Waals surface area contributed by atoms with Crippen molar-refractivity contribution in [1.82, 2.24) is 0 Å². The van der Waals surface area contributed by atoms with Crippen LogP contribution < -0.4 is 10.2 Å². The number of carbonyl (C=O) groups is 2. The maximum Gasteiger partial charge on any atom is 0.0715 e. The first-order chi connectivity index (χ1) is 9.06. The van der Waals surface area contributed by atoms with Gasteiger partial charge in [-0.05, 0) is 28.3 Å². The van der Waals surface area contributed by atoms with Gasteiger partial charge in [0.25, 0.3) is 0 Å². The lowest BCUT2D eigenvalue weighted by atomic mass is 10.0. The molecular formula is C15H10O4-2. The monoisotopic (exact) mass is 254 g/mol. The van der Waals surface area contributed by atoms with E-state index >= 15 is 0 Å². The molecule has 0 unspecified atom stereocenters. The Labute approximate surface area is 109 Å². The van der Waals surface area contributed by atoms with Gasteiger partial charge < -0.3 is 19.8 Å². The summed E-state index contributed by atoms with van der Waals surface area (Å²) in [4.78, 5) is 21.2. The van der Waals surface area contributed by atoms with Crippen molar-refractivity contribution >= 4 is 11.9 Å². The summed E-state index contributed by atoms with van der Waals surface area (Å²) in [6, 6.07) is 13.2. The fourth-order valence-electron chi connectivity index (χ4n) is 1.81. The first kappa shape index (κ1) is 12.8. The van der Waals surface area contributed by atoms with E-state index in [-0.39, 0.29) is 12.0 Å². The summed E-state index contributed by atoms with van der Waals surface area (Å²) in [5.41, 5.74) is 2.29. The minimum Gasteiger partial charge on any atom is -0.550 e. The molecule has 2 rings (SSSR count). The van der Waals surface area contributed by atoms with E-state index in [2.05, 4.69) is 0 Å². The molecule has 0 aliphatic rings. The molecule has 0 radical (unpaired) electrons. The van der Waals surface area contributed by atoms with E-state index in [1.807, 2.05) is 0 Å². The predicted molar refractivity (Wildman–Crippen MR) is 64.9 cm³/mol. The van der Waals surface area contributed by atoms with Crippen molar-refractivity contribution in [3.63, 3.8) is 0 Å². The highest BCUT2D eigenvalue weighted by Crippen LogP contribution is 2.21. The van der Waals surface area contributed by atoms with Gasteiger partial charge in [-0.2, -0.15) is 0 Å². The Morgan fingerprint density at radius 1 is 0.895 bits per heavy atom. The largest absolute Gasteiger partial charge is 0.550 e.